The number of nitrogens with zero attached hydrogens (tertiary/aromatic N) is 1. The van der Waals surface area contributed by atoms with Crippen LogP contribution in [0.25, 0.3) is 0 Å². The van der Waals surface area contributed by atoms with Gasteiger partial charge in [-0.3, -0.25) is 4.79 Å². The molecule has 1 aromatic carbocycles. The molecule has 3 N–H and O–H groups in total. The minimum absolute atomic E-state index is 0.0329. The molecule has 1 aromatic heterocycles. The number of aromatic nitrogens is 1. The standard InChI is InChI=1S/C14H14ClN3O4/c1-8-12(13(16)22-18-8)14(20)21-7-11(19)17-6-9-2-4-10(15)5-3-9/h2-5H,6-7,16H2,1H3,(H,17,19). The Morgan fingerprint density at radius 2 is 2.05 bits per heavy atom. The molecule has 0 bridgehead atoms. The number of nitrogens with one attached hydrogen (secondary N) is 1. The second-order valence-corrected chi connectivity index (χ2v) is 4.92. The fourth-order valence-corrected chi connectivity index (χ4v) is 1.82. The number of carbonyl (C=O) groups is 2. The lowest BCUT2D eigenvalue weighted by atomic mass is 10.2. The van der Waals surface area contributed by atoms with Gasteiger partial charge >= 0.3 is 5.97 Å². The lowest BCUT2D eigenvalue weighted by molar-refractivity contribution is -0.124. The smallest absolute Gasteiger partial charge is 0.346 e. The number of nitrogen functional groups attached to an aromatic ring is 1. The lowest BCUT2D eigenvalue weighted by Gasteiger charge is -2.06. The minimum Gasteiger partial charge on any atom is -0.452 e. The zero-order valence-electron chi connectivity index (χ0n) is 11.8. The van der Waals surface area contributed by atoms with Gasteiger partial charge in [0.25, 0.3) is 5.91 Å². The predicted octanol–water partition coefficient (Wildman–Crippen LogP) is 1.69. The zero-order valence-corrected chi connectivity index (χ0v) is 12.5. The quantitative estimate of drug-likeness (QED) is 0.811. The van der Waals surface area contributed by atoms with Gasteiger partial charge in [0.1, 0.15) is 5.56 Å². The molecule has 0 spiro atoms. The van der Waals surface area contributed by atoms with Crippen molar-refractivity contribution in [2.75, 3.05) is 12.3 Å². The van der Waals surface area contributed by atoms with Crippen molar-refractivity contribution in [3.05, 3.63) is 46.1 Å². The van der Waals surface area contributed by atoms with Gasteiger partial charge in [-0.15, -0.1) is 0 Å². The van der Waals surface area contributed by atoms with Crippen LogP contribution < -0.4 is 11.1 Å². The molecule has 0 radical (unpaired) electrons. The first-order valence-corrected chi connectivity index (χ1v) is 6.75. The van der Waals surface area contributed by atoms with E-state index in [9.17, 15) is 9.59 Å². The number of benzene rings is 1. The Hall–Kier alpha value is -2.54. The lowest BCUT2D eigenvalue weighted by Crippen LogP contribution is -2.28. The molecule has 22 heavy (non-hydrogen) atoms. The molecule has 2 rings (SSSR count). The van der Waals surface area contributed by atoms with Crippen LogP contribution in [0.2, 0.25) is 5.02 Å². The molecule has 0 fully saturated rings. The Bertz CT molecular complexity index is 662. The third kappa shape index (κ3) is 3.98. The van der Waals surface area contributed by atoms with Crippen molar-refractivity contribution in [1.29, 1.82) is 0 Å². The van der Waals surface area contributed by atoms with Gasteiger partial charge in [-0.25, -0.2) is 4.79 Å². The number of rotatable bonds is 5. The third-order valence-electron chi connectivity index (χ3n) is 2.83. The van der Waals surface area contributed by atoms with Crippen molar-refractivity contribution in [3.63, 3.8) is 0 Å². The summed E-state index contributed by atoms with van der Waals surface area (Å²) in [7, 11) is 0. The summed E-state index contributed by atoms with van der Waals surface area (Å²) in [6, 6.07) is 7.02. The number of ether oxygens (including phenoxy) is 1. The van der Waals surface area contributed by atoms with E-state index in [1.165, 1.54) is 0 Å². The molecule has 8 heteroatoms. The van der Waals surface area contributed by atoms with Crippen LogP contribution in [-0.4, -0.2) is 23.6 Å². The van der Waals surface area contributed by atoms with E-state index in [0.29, 0.717) is 17.3 Å². The predicted molar refractivity (Wildman–Crippen MR) is 79.2 cm³/mol. The SMILES string of the molecule is Cc1noc(N)c1C(=O)OCC(=O)NCc1ccc(Cl)cc1. The number of carbonyl (C=O) groups excluding carboxylic acids is 2. The molecule has 0 unspecified atom stereocenters. The fourth-order valence-electron chi connectivity index (χ4n) is 1.69. The molecule has 116 valence electrons. The summed E-state index contributed by atoms with van der Waals surface area (Å²) >= 11 is 5.77. The number of nitrogens with two attached hydrogens (primary N) is 1. The van der Waals surface area contributed by atoms with Crippen molar-refractivity contribution < 1.29 is 18.8 Å². The molecule has 0 aliphatic carbocycles. The molecule has 7 nitrogen and oxygen atoms in total. The molecular formula is C14H14ClN3O4. The molecule has 0 aliphatic heterocycles. The highest BCUT2D eigenvalue weighted by molar-refractivity contribution is 6.30. The Morgan fingerprint density at radius 1 is 1.36 bits per heavy atom. The van der Waals surface area contributed by atoms with Crippen molar-refractivity contribution in [1.82, 2.24) is 10.5 Å². The van der Waals surface area contributed by atoms with Crippen LogP contribution >= 0.6 is 11.6 Å². The molecular weight excluding hydrogens is 310 g/mol. The summed E-state index contributed by atoms with van der Waals surface area (Å²) in [4.78, 5) is 23.4. The summed E-state index contributed by atoms with van der Waals surface area (Å²) in [5, 5.41) is 6.77. The second kappa shape index (κ2) is 6.95. The number of esters is 1. The van der Waals surface area contributed by atoms with E-state index in [1.807, 2.05) is 0 Å². The molecule has 0 atom stereocenters. The molecule has 0 saturated carbocycles. The van der Waals surface area contributed by atoms with Crippen LogP contribution in [0.1, 0.15) is 21.6 Å². The number of anilines is 1. The second-order valence-electron chi connectivity index (χ2n) is 4.49. The van der Waals surface area contributed by atoms with Gasteiger partial charge in [-0.2, -0.15) is 0 Å². The highest BCUT2D eigenvalue weighted by Crippen LogP contribution is 2.16. The Labute approximate surface area is 131 Å². The van der Waals surface area contributed by atoms with Gasteiger partial charge in [-0.1, -0.05) is 28.9 Å². The number of aryl methyl sites for hydroxylation is 1. The van der Waals surface area contributed by atoms with Crippen molar-refractivity contribution in [3.8, 4) is 0 Å². The molecule has 0 aliphatic rings. The maximum Gasteiger partial charge on any atom is 0.346 e. The zero-order chi connectivity index (χ0) is 16.1. The van der Waals surface area contributed by atoms with Gasteiger partial charge in [0.05, 0.1) is 5.69 Å². The van der Waals surface area contributed by atoms with E-state index in [4.69, 9.17) is 22.1 Å². The van der Waals surface area contributed by atoms with Gasteiger partial charge < -0.3 is 20.3 Å². The maximum absolute atomic E-state index is 11.8. The van der Waals surface area contributed by atoms with Gasteiger partial charge in [0, 0.05) is 11.6 Å². The van der Waals surface area contributed by atoms with Crippen molar-refractivity contribution in [2.24, 2.45) is 0 Å². The van der Waals surface area contributed by atoms with Gasteiger partial charge in [0.2, 0.25) is 5.88 Å². The van der Waals surface area contributed by atoms with Crippen molar-refractivity contribution in [2.45, 2.75) is 13.5 Å². The fraction of sp³-hybridized carbons (Fsp3) is 0.214. The average molecular weight is 324 g/mol. The van der Waals surface area contributed by atoms with E-state index < -0.39 is 18.5 Å². The van der Waals surface area contributed by atoms with E-state index in [1.54, 1.807) is 31.2 Å². The largest absolute Gasteiger partial charge is 0.452 e. The summed E-state index contributed by atoms with van der Waals surface area (Å²) in [6.07, 6.45) is 0. The van der Waals surface area contributed by atoms with Gasteiger partial charge in [0.15, 0.2) is 6.61 Å². The Morgan fingerprint density at radius 3 is 2.64 bits per heavy atom. The monoisotopic (exact) mass is 323 g/mol. The number of halogens is 1. The summed E-state index contributed by atoms with van der Waals surface area (Å²) in [5.41, 5.74) is 6.67. The normalized spacial score (nSPS) is 10.3. The number of hydrogen-bond acceptors (Lipinski definition) is 6. The summed E-state index contributed by atoms with van der Waals surface area (Å²) in [5.74, 6) is -1.32. The highest BCUT2D eigenvalue weighted by atomic mass is 35.5. The first kappa shape index (κ1) is 15.8. The topological polar surface area (TPSA) is 107 Å². The minimum atomic E-state index is -0.752. The average Bonchev–Trinajstić information content (AvgIpc) is 2.83. The van der Waals surface area contributed by atoms with E-state index in [0.717, 1.165) is 5.56 Å². The van der Waals surface area contributed by atoms with E-state index >= 15 is 0 Å². The third-order valence-corrected chi connectivity index (χ3v) is 3.08. The molecule has 0 saturated heterocycles. The molecule has 1 heterocycles. The van der Waals surface area contributed by atoms with Crippen LogP contribution in [0.5, 0.6) is 0 Å². The van der Waals surface area contributed by atoms with Crippen LogP contribution in [0.15, 0.2) is 28.8 Å². The Kier molecular flexibility index (Phi) is 5.00. The molecule has 1 amide bonds. The van der Waals surface area contributed by atoms with Crippen LogP contribution in [-0.2, 0) is 16.1 Å². The number of hydrogen-bond donors (Lipinski definition) is 2. The number of amides is 1. The van der Waals surface area contributed by atoms with Crippen LogP contribution in [0.3, 0.4) is 0 Å². The van der Waals surface area contributed by atoms with Crippen LogP contribution in [0.4, 0.5) is 5.88 Å². The maximum atomic E-state index is 11.8. The highest BCUT2D eigenvalue weighted by Gasteiger charge is 2.20. The summed E-state index contributed by atoms with van der Waals surface area (Å²) in [6.45, 7) is 1.44. The summed E-state index contributed by atoms with van der Waals surface area (Å²) < 4.78 is 9.52. The molecule has 2 aromatic rings. The van der Waals surface area contributed by atoms with Gasteiger partial charge in [-0.05, 0) is 24.6 Å². The van der Waals surface area contributed by atoms with E-state index in [-0.39, 0.29) is 11.4 Å². The Balaban J connectivity index is 1.80. The van der Waals surface area contributed by atoms with E-state index in [2.05, 4.69) is 15.0 Å². The first-order chi connectivity index (χ1) is 10.5. The van der Waals surface area contributed by atoms with Crippen LogP contribution in [0, 0.1) is 6.92 Å². The van der Waals surface area contributed by atoms with Crippen molar-refractivity contribution >= 4 is 29.4 Å². The first-order valence-electron chi connectivity index (χ1n) is 6.37.